The molecule has 0 unspecified atom stereocenters. The van der Waals surface area contributed by atoms with E-state index in [1.54, 1.807) is 23.0 Å². The van der Waals surface area contributed by atoms with Crippen LogP contribution in [0, 0.1) is 11.6 Å². The Morgan fingerprint density at radius 2 is 1.73 bits per heavy atom. The number of anilines is 1. The highest BCUT2D eigenvalue weighted by atomic mass is 19.1. The molecule has 13 nitrogen and oxygen atoms in total. The lowest BCUT2D eigenvalue weighted by Gasteiger charge is -2.34. The van der Waals surface area contributed by atoms with Gasteiger partial charge in [0.2, 0.25) is 11.8 Å². The molecule has 2 fully saturated rings. The predicted molar refractivity (Wildman–Crippen MR) is 200 cm³/mol. The molecule has 2 saturated heterocycles. The van der Waals surface area contributed by atoms with E-state index >= 15 is 0 Å². The summed E-state index contributed by atoms with van der Waals surface area (Å²) >= 11 is 0. The number of imidazole rings is 1. The third-order valence-electron chi connectivity index (χ3n) is 10.6. The number of rotatable bonds is 2. The predicted octanol–water partition coefficient (Wildman–Crippen LogP) is 4.05. The molecule has 3 atom stereocenters. The smallest absolute Gasteiger partial charge is 0.242 e. The van der Waals surface area contributed by atoms with E-state index in [-0.39, 0.29) is 29.3 Å². The number of carbonyl (C=O) groups is 2. The Balaban J connectivity index is 1.05. The molecule has 3 aromatic carbocycles. The van der Waals surface area contributed by atoms with Crippen molar-refractivity contribution in [1.82, 2.24) is 39.7 Å². The van der Waals surface area contributed by atoms with Crippen LogP contribution in [0.5, 0.6) is 5.75 Å². The number of morpholine rings is 1. The zero-order valence-electron chi connectivity index (χ0n) is 29.9. The molecule has 3 aromatic heterocycles. The molecule has 282 valence electrons. The molecule has 3 aliphatic heterocycles. The zero-order valence-corrected chi connectivity index (χ0v) is 29.9. The van der Waals surface area contributed by atoms with E-state index in [2.05, 4.69) is 37.8 Å². The fraction of sp³-hybridized carbons (Fsp3) is 0.325. The SMILES string of the molecule is O=C1NCCCNC(=O)[C@@H]2C[C@@H](CN2c2nccn3c(-c4ccc(F)cc4F)ncc23)Oc2cccc(c2)-c2cccc3nn(cc23)CCN2CCOC[C@@H]12. The Labute approximate surface area is 314 Å². The first-order valence-electron chi connectivity index (χ1n) is 18.5. The molecule has 0 radical (unpaired) electrons. The summed E-state index contributed by atoms with van der Waals surface area (Å²) in [4.78, 5) is 40.5. The lowest BCUT2D eigenvalue weighted by molar-refractivity contribution is -0.132. The molecule has 2 N–H and O–H groups in total. The number of aromatic nitrogens is 5. The van der Waals surface area contributed by atoms with Gasteiger partial charge in [-0.25, -0.2) is 18.7 Å². The molecular formula is C40H39F2N9O4. The first-order chi connectivity index (χ1) is 26.9. The fourth-order valence-electron chi connectivity index (χ4n) is 7.88. The van der Waals surface area contributed by atoms with Crippen molar-refractivity contribution < 1.29 is 27.8 Å². The third kappa shape index (κ3) is 6.85. The second-order valence-corrected chi connectivity index (χ2v) is 14.1. The van der Waals surface area contributed by atoms with E-state index in [1.165, 1.54) is 12.1 Å². The van der Waals surface area contributed by atoms with Gasteiger partial charge in [-0.2, -0.15) is 5.10 Å². The second-order valence-electron chi connectivity index (χ2n) is 14.1. The van der Waals surface area contributed by atoms with Crippen LogP contribution in [0.3, 0.4) is 0 Å². The van der Waals surface area contributed by atoms with Crippen LogP contribution in [0.4, 0.5) is 14.6 Å². The van der Waals surface area contributed by atoms with E-state index in [1.807, 2.05) is 46.0 Å². The topological polar surface area (TPSA) is 131 Å². The van der Waals surface area contributed by atoms with Gasteiger partial charge in [-0.1, -0.05) is 24.3 Å². The number of carbonyl (C=O) groups excluding carboxylic acids is 2. The van der Waals surface area contributed by atoms with Crippen LogP contribution in [0.2, 0.25) is 0 Å². The van der Waals surface area contributed by atoms with Crippen LogP contribution in [-0.2, 0) is 20.9 Å². The fourth-order valence-corrected chi connectivity index (χ4v) is 7.88. The quantitative estimate of drug-likeness (QED) is 0.270. The van der Waals surface area contributed by atoms with Crippen LogP contribution in [-0.4, -0.2) is 105 Å². The lowest BCUT2D eigenvalue weighted by Crippen LogP contribution is -2.54. The second kappa shape index (κ2) is 14.7. The molecule has 0 spiro atoms. The number of benzene rings is 3. The van der Waals surface area contributed by atoms with Gasteiger partial charge in [-0.05, 0) is 47.9 Å². The molecule has 6 aromatic rings. The van der Waals surface area contributed by atoms with Crippen molar-refractivity contribution in [3.63, 3.8) is 0 Å². The van der Waals surface area contributed by atoms with Crippen LogP contribution in [0.1, 0.15) is 12.8 Å². The highest BCUT2D eigenvalue weighted by molar-refractivity contribution is 5.94. The molecule has 0 saturated carbocycles. The molecule has 3 aliphatic rings. The van der Waals surface area contributed by atoms with E-state index in [4.69, 9.17) is 14.6 Å². The average Bonchev–Trinajstić information content (AvgIpc) is 3.94. The molecule has 2 amide bonds. The summed E-state index contributed by atoms with van der Waals surface area (Å²) in [6.07, 6.45) is 7.36. The van der Waals surface area contributed by atoms with Crippen LogP contribution in [0.25, 0.3) is 38.9 Å². The van der Waals surface area contributed by atoms with Gasteiger partial charge in [0.25, 0.3) is 0 Å². The Bertz CT molecular complexity index is 2400. The van der Waals surface area contributed by atoms with E-state index in [0.29, 0.717) is 82.4 Å². The number of halogens is 2. The van der Waals surface area contributed by atoms with Gasteiger partial charge in [-0.15, -0.1) is 0 Å². The highest BCUT2D eigenvalue weighted by Gasteiger charge is 2.40. The largest absolute Gasteiger partial charge is 0.488 e. The molecule has 0 aliphatic carbocycles. The molecule has 6 heterocycles. The van der Waals surface area contributed by atoms with Gasteiger partial charge >= 0.3 is 0 Å². The monoisotopic (exact) mass is 747 g/mol. The number of nitrogens with one attached hydrogen (secondary N) is 2. The first kappa shape index (κ1) is 34.8. The molecule has 55 heavy (non-hydrogen) atoms. The number of hydrogen-bond acceptors (Lipinski definition) is 9. The molecule has 9 rings (SSSR count). The summed E-state index contributed by atoms with van der Waals surface area (Å²) < 4.78 is 44.6. The maximum Gasteiger partial charge on any atom is 0.242 e. The van der Waals surface area contributed by atoms with Gasteiger partial charge in [0.05, 0.1) is 43.6 Å². The van der Waals surface area contributed by atoms with Crippen molar-refractivity contribution >= 4 is 34.1 Å². The van der Waals surface area contributed by atoms with Gasteiger partial charge in [0.1, 0.15) is 46.9 Å². The number of nitrogens with zero attached hydrogens (tertiary/aromatic N) is 7. The van der Waals surface area contributed by atoms with Gasteiger partial charge in [-0.3, -0.25) is 23.6 Å². The van der Waals surface area contributed by atoms with E-state index in [0.717, 1.165) is 28.1 Å². The van der Waals surface area contributed by atoms with Crippen molar-refractivity contribution in [2.45, 2.75) is 37.6 Å². The molecule has 15 heteroatoms. The summed E-state index contributed by atoms with van der Waals surface area (Å²) in [5.74, 6) is -0.323. The van der Waals surface area contributed by atoms with E-state index < -0.39 is 23.7 Å². The van der Waals surface area contributed by atoms with Crippen molar-refractivity contribution in [2.75, 3.05) is 50.8 Å². The summed E-state index contributed by atoms with van der Waals surface area (Å²) in [6, 6.07) is 16.2. The Kier molecular flexibility index (Phi) is 9.32. The third-order valence-corrected chi connectivity index (χ3v) is 10.6. The Morgan fingerprint density at radius 1 is 0.873 bits per heavy atom. The number of hydrogen-bond donors (Lipinski definition) is 2. The summed E-state index contributed by atoms with van der Waals surface area (Å²) in [5.41, 5.74) is 3.53. The van der Waals surface area contributed by atoms with Crippen molar-refractivity contribution in [2.24, 2.45) is 0 Å². The molecule has 6 bridgehead atoms. The lowest BCUT2D eigenvalue weighted by atomic mass is 10.0. The normalized spacial score (nSPS) is 21.4. The Hall–Kier alpha value is -5.93. The standard InChI is InChI=1S/C40H39F2N9O4/c41-26-8-9-30(32(42)19-26)37-46-21-35-38(43-12-13-50(35)37)51-22-28-20-34(51)39(52)44-10-3-11-45-40(53)36-24-54-17-16-48(36)14-15-49-23-31-29(6-2-7-33(31)47-49)25-4-1-5-27(18-25)55-28/h1-2,4-9,12-13,18-19,21,23,28,34,36H,3,10-11,14-17,20,22,24H2,(H,44,52)(H,45,53)/t28-,34-,36-/m0/s1. The van der Waals surface area contributed by atoms with Gasteiger partial charge in [0, 0.05) is 62.6 Å². The van der Waals surface area contributed by atoms with Gasteiger partial charge in [0.15, 0.2) is 5.82 Å². The van der Waals surface area contributed by atoms with Crippen molar-refractivity contribution in [3.8, 4) is 28.3 Å². The zero-order chi connectivity index (χ0) is 37.5. The maximum absolute atomic E-state index is 14.9. The van der Waals surface area contributed by atoms with E-state index in [9.17, 15) is 18.4 Å². The van der Waals surface area contributed by atoms with Crippen LogP contribution < -0.4 is 20.3 Å². The average molecular weight is 748 g/mol. The van der Waals surface area contributed by atoms with Crippen LogP contribution >= 0.6 is 0 Å². The summed E-state index contributed by atoms with van der Waals surface area (Å²) in [5, 5.41) is 12.0. The summed E-state index contributed by atoms with van der Waals surface area (Å²) in [6.45, 7) is 3.80. The summed E-state index contributed by atoms with van der Waals surface area (Å²) in [7, 11) is 0. The molecular weight excluding hydrogens is 708 g/mol. The minimum atomic E-state index is -0.738. The Morgan fingerprint density at radius 3 is 2.60 bits per heavy atom. The highest BCUT2D eigenvalue weighted by Crippen LogP contribution is 2.35. The minimum Gasteiger partial charge on any atom is -0.488 e. The first-order valence-corrected chi connectivity index (χ1v) is 18.5. The number of ether oxygens (including phenoxy) is 2. The number of fused-ring (bicyclic) bond motifs is 8. The minimum absolute atomic E-state index is 0.109. The van der Waals surface area contributed by atoms with Crippen LogP contribution in [0.15, 0.2) is 85.5 Å². The van der Waals surface area contributed by atoms with Crippen molar-refractivity contribution in [1.29, 1.82) is 0 Å². The maximum atomic E-state index is 14.9. The number of amides is 2. The van der Waals surface area contributed by atoms with Gasteiger partial charge < -0.3 is 25.0 Å². The van der Waals surface area contributed by atoms with Crippen molar-refractivity contribution in [3.05, 3.63) is 97.1 Å².